The molecule has 0 aliphatic carbocycles. The Morgan fingerprint density at radius 1 is 1.05 bits per heavy atom. The molecule has 0 N–H and O–H groups in total. The van der Waals surface area contributed by atoms with E-state index < -0.39 is 0 Å². The molecule has 0 amide bonds. The summed E-state index contributed by atoms with van der Waals surface area (Å²) in [7, 11) is 2.03. The van der Waals surface area contributed by atoms with Gasteiger partial charge in [-0.05, 0) is 12.5 Å². The van der Waals surface area contributed by atoms with Gasteiger partial charge in [-0.15, -0.1) is 5.06 Å². The van der Waals surface area contributed by atoms with Gasteiger partial charge in [0.1, 0.15) is 0 Å². The van der Waals surface area contributed by atoms with E-state index in [1.165, 1.54) is 44.1 Å². The zero-order valence-corrected chi connectivity index (χ0v) is 12.1. The molecule has 19 heavy (non-hydrogen) atoms. The molecule has 0 radical (unpaired) electrons. The molecule has 1 aromatic rings. The molecule has 2 rings (SSSR count). The molecule has 0 fully saturated rings. The standard InChI is InChI=1S/C17H25NO/c1-3-4-5-6-10-13-16-14-17(19-18(16)2)15-11-8-7-9-12-15/h7-9,11-12,14,16H,3-6,10,13H2,1-2H3. The van der Waals surface area contributed by atoms with Crippen molar-refractivity contribution in [2.45, 2.75) is 51.5 Å². The summed E-state index contributed by atoms with van der Waals surface area (Å²) in [6, 6.07) is 10.8. The maximum absolute atomic E-state index is 5.83. The van der Waals surface area contributed by atoms with Crippen molar-refractivity contribution < 1.29 is 4.84 Å². The highest BCUT2D eigenvalue weighted by Crippen LogP contribution is 2.27. The lowest BCUT2D eigenvalue weighted by molar-refractivity contribution is -0.0673. The molecule has 0 saturated heterocycles. The highest BCUT2D eigenvalue weighted by Gasteiger charge is 2.23. The van der Waals surface area contributed by atoms with E-state index >= 15 is 0 Å². The molecular formula is C17H25NO. The fraction of sp³-hybridized carbons (Fsp3) is 0.529. The van der Waals surface area contributed by atoms with E-state index in [0.717, 1.165) is 5.76 Å². The summed E-state index contributed by atoms with van der Waals surface area (Å²) in [6.45, 7) is 2.26. The molecule has 0 spiro atoms. The topological polar surface area (TPSA) is 12.5 Å². The van der Waals surface area contributed by atoms with Crippen molar-refractivity contribution in [2.75, 3.05) is 7.05 Å². The van der Waals surface area contributed by atoms with Gasteiger partial charge in [0, 0.05) is 12.6 Å². The van der Waals surface area contributed by atoms with E-state index in [1.807, 2.05) is 18.2 Å². The summed E-state index contributed by atoms with van der Waals surface area (Å²) >= 11 is 0. The lowest BCUT2D eigenvalue weighted by Gasteiger charge is -2.17. The fourth-order valence-electron chi connectivity index (χ4n) is 2.51. The third-order valence-electron chi connectivity index (χ3n) is 3.71. The molecule has 0 saturated carbocycles. The number of nitrogens with zero attached hydrogens (tertiary/aromatic N) is 1. The number of hydrogen-bond acceptors (Lipinski definition) is 2. The van der Waals surface area contributed by atoms with Crippen LogP contribution < -0.4 is 0 Å². The summed E-state index contributed by atoms with van der Waals surface area (Å²) < 4.78 is 0. The monoisotopic (exact) mass is 259 g/mol. The van der Waals surface area contributed by atoms with Crippen molar-refractivity contribution in [2.24, 2.45) is 0 Å². The van der Waals surface area contributed by atoms with Crippen LogP contribution in [0.25, 0.3) is 5.76 Å². The van der Waals surface area contributed by atoms with Crippen LogP contribution in [0, 0.1) is 0 Å². The molecule has 1 unspecified atom stereocenters. The molecule has 0 bridgehead atoms. The lowest BCUT2D eigenvalue weighted by Crippen LogP contribution is -2.24. The van der Waals surface area contributed by atoms with Gasteiger partial charge in [-0.3, -0.25) is 0 Å². The van der Waals surface area contributed by atoms with Gasteiger partial charge < -0.3 is 4.84 Å². The van der Waals surface area contributed by atoms with Crippen molar-refractivity contribution in [1.82, 2.24) is 5.06 Å². The van der Waals surface area contributed by atoms with Crippen LogP contribution in [0.1, 0.15) is 51.0 Å². The van der Waals surface area contributed by atoms with Gasteiger partial charge in [-0.25, -0.2) is 0 Å². The number of hydrogen-bond donors (Lipinski definition) is 0. The first-order valence-electron chi connectivity index (χ1n) is 7.49. The van der Waals surface area contributed by atoms with Crippen LogP contribution in [0.5, 0.6) is 0 Å². The second-order valence-corrected chi connectivity index (χ2v) is 5.30. The summed E-state index contributed by atoms with van der Waals surface area (Å²) in [4.78, 5) is 5.83. The third-order valence-corrected chi connectivity index (χ3v) is 3.71. The van der Waals surface area contributed by atoms with Gasteiger partial charge in [0.15, 0.2) is 5.76 Å². The largest absolute Gasteiger partial charge is 0.405 e. The summed E-state index contributed by atoms with van der Waals surface area (Å²) in [6.07, 6.45) is 10.1. The van der Waals surface area contributed by atoms with Crippen LogP contribution in [0.3, 0.4) is 0 Å². The minimum atomic E-state index is 0.428. The first kappa shape index (κ1) is 14.1. The van der Waals surface area contributed by atoms with Gasteiger partial charge in [-0.1, -0.05) is 69.4 Å². The molecule has 2 heteroatoms. The number of likely N-dealkylation sites (N-methyl/N-ethyl adjacent to an activating group) is 1. The average Bonchev–Trinajstić information content (AvgIpc) is 2.81. The van der Waals surface area contributed by atoms with Crippen molar-refractivity contribution in [3.05, 3.63) is 42.0 Å². The van der Waals surface area contributed by atoms with Crippen LogP contribution in [0.15, 0.2) is 36.4 Å². The van der Waals surface area contributed by atoms with E-state index in [1.54, 1.807) is 0 Å². The normalized spacial score (nSPS) is 19.3. The summed E-state index contributed by atoms with van der Waals surface area (Å²) in [5, 5.41) is 1.99. The Morgan fingerprint density at radius 3 is 2.53 bits per heavy atom. The Balaban J connectivity index is 1.83. The second-order valence-electron chi connectivity index (χ2n) is 5.30. The van der Waals surface area contributed by atoms with E-state index in [4.69, 9.17) is 4.84 Å². The first-order valence-corrected chi connectivity index (χ1v) is 7.49. The zero-order chi connectivity index (χ0) is 13.5. The van der Waals surface area contributed by atoms with Crippen LogP contribution in [0.4, 0.5) is 0 Å². The van der Waals surface area contributed by atoms with E-state index in [9.17, 15) is 0 Å². The van der Waals surface area contributed by atoms with Crippen LogP contribution in [0.2, 0.25) is 0 Å². The number of benzene rings is 1. The zero-order valence-electron chi connectivity index (χ0n) is 12.1. The van der Waals surface area contributed by atoms with E-state index in [0.29, 0.717) is 6.04 Å². The second kappa shape index (κ2) is 7.34. The Morgan fingerprint density at radius 2 is 1.79 bits per heavy atom. The van der Waals surface area contributed by atoms with Gasteiger partial charge in [0.25, 0.3) is 0 Å². The van der Waals surface area contributed by atoms with Gasteiger partial charge >= 0.3 is 0 Å². The summed E-state index contributed by atoms with van der Waals surface area (Å²) in [5.74, 6) is 1.00. The lowest BCUT2D eigenvalue weighted by atomic mass is 10.0. The van der Waals surface area contributed by atoms with Crippen LogP contribution in [-0.4, -0.2) is 18.2 Å². The molecule has 1 heterocycles. The Kier molecular flexibility index (Phi) is 5.46. The average molecular weight is 259 g/mol. The van der Waals surface area contributed by atoms with Gasteiger partial charge in [-0.2, -0.15) is 0 Å². The molecule has 1 aliphatic heterocycles. The maximum Gasteiger partial charge on any atom is 0.152 e. The van der Waals surface area contributed by atoms with Crippen molar-refractivity contribution in [3.63, 3.8) is 0 Å². The van der Waals surface area contributed by atoms with E-state index in [2.05, 4.69) is 37.3 Å². The molecule has 104 valence electrons. The van der Waals surface area contributed by atoms with Crippen molar-refractivity contribution in [3.8, 4) is 0 Å². The number of hydroxylamine groups is 2. The SMILES string of the molecule is CCCCCCCC1C=C(c2ccccc2)ON1C. The smallest absolute Gasteiger partial charge is 0.152 e. The Labute approximate surface area is 117 Å². The summed E-state index contributed by atoms with van der Waals surface area (Å²) in [5.41, 5.74) is 1.17. The Bertz CT molecular complexity index is 399. The first-order chi connectivity index (χ1) is 9.31. The van der Waals surface area contributed by atoms with E-state index in [-0.39, 0.29) is 0 Å². The highest BCUT2D eigenvalue weighted by molar-refractivity contribution is 5.61. The van der Waals surface area contributed by atoms with Crippen LogP contribution >= 0.6 is 0 Å². The predicted molar refractivity (Wildman–Crippen MR) is 80.4 cm³/mol. The van der Waals surface area contributed by atoms with Crippen molar-refractivity contribution in [1.29, 1.82) is 0 Å². The molecule has 1 atom stereocenters. The molecular weight excluding hydrogens is 234 g/mol. The van der Waals surface area contributed by atoms with Crippen LogP contribution in [-0.2, 0) is 4.84 Å². The minimum absolute atomic E-state index is 0.428. The third kappa shape index (κ3) is 4.10. The maximum atomic E-state index is 5.83. The quantitative estimate of drug-likeness (QED) is 0.662. The molecule has 0 aromatic heterocycles. The molecule has 1 aliphatic rings. The predicted octanol–water partition coefficient (Wildman–Crippen LogP) is 4.63. The van der Waals surface area contributed by atoms with Gasteiger partial charge in [0.2, 0.25) is 0 Å². The number of rotatable bonds is 7. The molecule has 1 aromatic carbocycles. The van der Waals surface area contributed by atoms with Gasteiger partial charge in [0.05, 0.1) is 6.04 Å². The fourth-order valence-corrected chi connectivity index (χ4v) is 2.51. The Hall–Kier alpha value is -1.28. The minimum Gasteiger partial charge on any atom is -0.405 e. The number of unbranched alkanes of at least 4 members (excludes halogenated alkanes) is 4. The van der Waals surface area contributed by atoms with Crippen molar-refractivity contribution >= 4 is 5.76 Å². The highest BCUT2D eigenvalue weighted by atomic mass is 16.7. The molecule has 2 nitrogen and oxygen atoms in total.